The lowest BCUT2D eigenvalue weighted by molar-refractivity contribution is 0.101. The van der Waals surface area contributed by atoms with Crippen LogP contribution in [0.4, 0.5) is 10.1 Å². The minimum absolute atomic E-state index is 0.0836. The van der Waals surface area contributed by atoms with Crippen LogP contribution in [0.25, 0.3) is 0 Å². The molecule has 3 aromatic rings. The van der Waals surface area contributed by atoms with Gasteiger partial charge in [0.05, 0.1) is 24.6 Å². The van der Waals surface area contributed by atoms with Gasteiger partial charge < -0.3 is 14.8 Å². The summed E-state index contributed by atoms with van der Waals surface area (Å²) >= 11 is 0. The van der Waals surface area contributed by atoms with Crippen molar-refractivity contribution in [3.63, 3.8) is 0 Å². The molecule has 1 aliphatic carbocycles. The van der Waals surface area contributed by atoms with E-state index in [1.807, 2.05) is 6.07 Å². The third-order valence-corrected chi connectivity index (χ3v) is 4.65. The molecular weight excluding hydrogens is 365 g/mol. The molecule has 1 saturated carbocycles. The molecule has 0 spiro atoms. The Morgan fingerprint density at radius 3 is 2.86 bits per heavy atom. The van der Waals surface area contributed by atoms with Gasteiger partial charge in [0.25, 0.3) is 5.91 Å². The molecule has 1 amide bonds. The number of hydrogen-bond donors (Lipinski definition) is 1. The van der Waals surface area contributed by atoms with Crippen molar-refractivity contribution in [2.75, 3.05) is 12.1 Å². The second-order valence-electron chi connectivity index (χ2n) is 6.72. The summed E-state index contributed by atoms with van der Waals surface area (Å²) in [4.78, 5) is 21.2. The molecule has 0 unspecified atom stereocenters. The fourth-order valence-corrected chi connectivity index (χ4v) is 3.12. The quantitative estimate of drug-likeness (QED) is 0.731. The molecule has 9 heteroatoms. The lowest BCUT2D eigenvalue weighted by Gasteiger charge is -2.10. The molecule has 0 atom stereocenters. The molecular formula is C19H16FN5O3. The summed E-state index contributed by atoms with van der Waals surface area (Å²) in [6.45, 7) is 0.292. The second-order valence-corrected chi connectivity index (χ2v) is 6.72. The number of benzene rings is 1. The van der Waals surface area contributed by atoms with Crippen molar-refractivity contribution in [2.45, 2.75) is 25.3 Å². The van der Waals surface area contributed by atoms with Gasteiger partial charge in [0.2, 0.25) is 12.7 Å². The summed E-state index contributed by atoms with van der Waals surface area (Å²) < 4.78 is 25.9. The number of para-hydroxylation sites is 1. The minimum atomic E-state index is -0.741. The standard InChI is InChI=1S/C19H16FN5O3/c20-16-6-14(19(26)23-13-7-21-18(22-8-13)11-4-5-11)25(24-16)9-12-2-1-3-15-17(12)28-10-27-15/h1-3,6-8,11H,4-5,9-10H2,(H,23,26). The van der Waals surface area contributed by atoms with Gasteiger partial charge in [-0.1, -0.05) is 12.1 Å². The average Bonchev–Trinajstić information content (AvgIpc) is 3.31. The van der Waals surface area contributed by atoms with Gasteiger partial charge in [0.15, 0.2) is 11.5 Å². The number of carbonyl (C=O) groups excluding carboxylic acids is 1. The van der Waals surface area contributed by atoms with Gasteiger partial charge in [-0.05, 0) is 18.9 Å². The van der Waals surface area contributed by atoms with Crippen LogP contribution in [0.5, 0.6) is 11.5 Å². The third kappa shape index (κ3) is 3.15. The number of hydrogen-bond acceptors (Lipinski definition) is 6. The van der Waals surface area contributed by atoms with Crippen molar-refractivity contribution >= 4 is 11.6 Å². The maximum Gasteiger partial charge on any atom is 0.274 e. The van der Waals surface area contributed by atoms with Crippen LogP contribution in [0.2, 0.25) is 0 Å². The summed E-state index contributed by atoms with van der Waals surface area (Å²) in [7, 11) is 0. The van der Waals surface area contributed by atoms with Gasteiger partial charge in [0.1, 0.15) is 11.5 Å². The molecule has 1 fully saturated rings. The average molecular weight is 381 g/mol. The Hall–Kier alpha value is -3.49. The van der Waals surface area contributed by atoms with Crippen molar-refractivity contribution in [3.05, 3.63) is 59.7 Å². The fourth-order valence-electron chi connectivity index (χ4n) is 3.12. The fraction of sp³-hybridized carbons (Fsp3) is 0.263. The molecule has 28 heavy (non-hydrogen) atoms. The zero-order chi connectivity index (χ0) is 19.1. The van der Waals surface area contributed by atoms with E-state index in [1.54, 1.807) is 24.5 Å². The van der Waals surface area contributed by atoms with Crippen LogP contribution in [0.1, 0.15) is 40.6 Å². The number of nitrogens with zero attached hydrogens (tertiary/aromatic N) is 4. The van der Waals surface area contributed by atoms with E-state index in [9.17, 15) is 9.18 Å². The molecule has 2 aromatic heterocycles. The van der Waals surface area contributed by atoms with Gasteiger partial charge in [0, 0.05) is 17.5 Å². The maximum atomic E-state index is 13.8. The molecule has 5 rings (SSSR count). The zero-order valence-corrected chi connectivity index (χ0v) is 14.8. The predicted octanol–water partition coefficient (Wildman–Crippen LogP) is 2.72. The van der Waals surface area contributed by atoms with E-state index in [2.05, 4.69) is 20.4 Å². The molecule has 1 aliphatic heterocycles. The van der Waals surface area contributed by atoms with E-state index in [0.29, 0.717) is 23.1 Å². The highest BCUT2D eigenvalue weighted by atomic mass is 19.1. The van der Waals surface area contributed by atoms with E-state index in [1.165, 1.54) is 4.68 Å². The number of nitrogens with one attached hydrogen (secondary N) is 1. The number of ether oxygens (including phenoxy) is 2. The van der Waals surface area contributed by atoms with Crippen LogP contribution in [0.15, 0.2) is 36.7 Å². The molecule has 0 bridgehead atoms. The minimum Gasteiger partial charge on any atom is -0.454 e. The lowest BCUT2D eigenvalue weighted by atomic mass is 10.2. The lowest BCUT2D eigenvalue weighted by Crippen LogP contribution is -2.18. The summed E-state index contributed by atoms with van der Waals surface area (Å²) in [5, 5.41) is 6.49. The number of halogens is 1. The Labute approximate surface area is 159 Å². The van der Waals surface area contributed by atoms with E-state index >= 15 is 0 Å². The Bertz CT molecular complexity index is 1050. The first-order valence-corrected chi connectivity index (χ1v) is 8.91. The van der Waals surface area contributed by atoms with Crippen molar-refractivity contribution in [1.82, 2.24) is 19.7 Å². The highest BCUT2D eigenvalue weighted by Gasteiger charge is 2.26. The number of rotatable bonds is 5. The monoisotopic (exact) mass is 381 g/mol. The van der Waals surface area contributed by atoms with Crippen LogP contribution in [-0.4, -0.2) is 32.4 Å². The Kier molecular flexibility index (Phi) is 3.92. The highest BCUT2D eigenvalue weighted by molar-refractivity contribution is 6.02. The first-order valence-electron chi connectivity index (χ1n) is 8.91. The number of carbonyl (C=O) groups is 1. The van der Waals surface area contributed by atoms with E-state index in [-0.39, 0.29) is 19.0 Å². The predicted molar refractivity (Wildman–Crippen MR) is 95.8 cm³/mol. The summed E-state index contributed by atoms with van der Waals surface area (Å²) in [5.41, 5.74) is 1.27. The molecule has 8 nitrogen and oxygen atoms in total. The first-order chi connectivity index (χ1) is 13.7. The van der Waals surface area contributed by atoms with Crippen LogP contribution >= 0.6 is 0 Å². The summed E-state index contributed by atoms with van der Waals surface area (Å²) in [5.74, 6) is 1.17. The second kappa shape index (κ2) is 6.59. The third-order valence-electron chi connectivity index (χ3n) is 4.65. The van der Waals surface area contributed by atoms with E-state index in [0.717, 1.165) is 30.3 Å². The SMILES string of the molecule is O=C(Nc1cnc(C2CC2)nc1)c1cc(F)nn1Cc1cccc2c1OCO2. The van der Waals surface area contributed by atoms with Crippen molar-refractivity contribution in [2.24, 2.45) is 0 Å². The number of aromatic nitrogens is 4. The maximum absolute atomic E-state index is 13.8. The first kappa shape index (κ1) is 16.7. The van der Waals surface area contributed by atoms with Crippen LogP contribution in [0, 0.1) is 5.95 Å². The molecule has 1 aromatic carbocycles. The molecule has 142 valence electrons. The van der Waals surface area contributed by atoms with Gasteiger partial charge >= 0.3 is 0 Å². The highest BCUT2D eigenvalue weighted by Crippen LogP contribution is 2.38. The normalized spacial score (nSPS) is 14.9. The van der Waals surface area contributed by atoms with Crippen molar-refractivity contribution in [1.29, 1.82) is 0 Å². The Morgan fingerprint density at radius 1 is 1.25 bits per heavy atom. The smallest absolute Gasteiger partial charge is 0.274 e. The van der Waals surface area contributed by atoms with Crippen molar-refractivity contribution < 1.29 is 18.7 Å². The summed E-state index contributed by atoms with van der Waals surface area (Å²) in [6.07, 6.45) is 5.32. The number of fused-ring (bicyclic) bond motifs is 1. The summed E-state index contributed by atoms with van der Waals surface area (Å²) in [6, 6.07) is 6.50. The molecule has 1 N–H and O–H groups in total. The van der Waals surface area contributed by atoms with Gasteiger partial charge in [-0.3, -0.25) is 9.48 Å². The van der Waals surface area contributed by atoms with Crippen molar-refractivity contribution in [3.8, 4) is 11.5 Å². The zero-order valence-electron chi connectivity index (χ0n) is 14.8. The Morgan fingerprint density at radius 2 is 2.07 bits per heavy atom. The van der Waals surface area contributed by atoms with Gasteiger partial charge in [-0.25, -0.2) is 9.97 Å². The van der Waals surface area contributed by atoms with E-state index in [4.69, 9.17) is 9.47 Å². The van der Waals surface area contributed by atoms with Gasteiger partial charge in [-0.2, -0.15) is 4.39 Å². The number of anilines is 1. The Balaban J connectivity index is 1.37. The number of amides is 1. The topological polar surface area (TPSA) is 91.2 Å². The molecule has 2 aliphatic rings. The van der Waals surface area contributed by atoms with Gasteiger partial charge in [-0.15, -0.1) is 5.10 Å². The molecule has 0 radical (unpaired) electrons. The molecule has 3 heterocycles. The largest absolute Gasteiger partial charge is 0.454 e. The van der Waals surface area contributed by atoms with Crippen LogP contribution in [-0.2, 0) is 6.54 Å². The van der Waals surface area contributed by atoms with Crippen LogP contribution < -0.4 is 14.8 Å². The van der Waals surface area contributed by atoms with E-state index < -0.39 is 11.9 Å². The molecule has 0 saturated heterocycles. The van der Waals surface area contributed by atoms with Crippen LogP contribution in [0.3, 0.4) is 0 Å².